The van der Waals surface area contributed by atoms with Gasteiger partial charge in [-0.3, -0.25) is 9.59 Å². The summed E-state index contributed by atoms with van der Waals surface area (Å²) in [7, 11) is 0. The van der Waals surface area contributed by atoms with Gasteiger partial charge in [0.15, 0.2) is 0 Å². The number of halogens is 2. The first kappa shape index (κ1) is 15.4. The number of rotatable bonds is 6. The lowest BCUT2D eigenvalue weighted by Crippen LogP contribution is -2.33. The maximum Gasteiger partial charge on any atom is 0.290 e. The minimum absolute atomic E-state index is 0.0190. The van der Waals surface area contributed by atoms with Crippen molar-refractivity contribution in [2.24, 2.45) is 0 Å². The number of thioether (sulfide) groups is 1. The Balaban J connectivity index is 2.58. The molecule has 0 bridgehead atoms. The van der Waals surface area contributed by atoms with Gasteiger partial charge in [0.1, 0.15) is 5.03 Å². The van der Waals surface area contributed by atoms with Gasteiger partial charge in [0.05, 0.1) is 5.56 Å². The van der Waals surface area contributed by atoms with Crippen LogP contribution in [0.25, 0.3) is 0 Å². The zero-order valence-corrected chi connectivity index (χ0v) is 11.0. The Hall–Kier alpha value is -1.70. The highest BCUT2D eigenvalue weighted by molar-refractivity contribution is 7.99. The first-order chi connectivity index (χ1) is 9.00. The molecule has 2 amide bonds. The van der Waals surface area contributed by atoms with E-state index in [9.17, 15) is 18.4 Å². The Morgan fingerprint density at radius 1 is 1.37 bits per heavy atom. The first-order valence-electron chi connectivity index (χ1n) is 5.43. The summed E-state index contributed by atoms with van der Waals surface area (Å²) in [5.41, 5.74) is 0.0932. The Morgan fingerprint density at radius 2 is 2.05 bits per heavy atom. The number of aromatic nitrogens is 1. The van der Waals surface area contributed by atoms with Crippen LogP contribution in [0.5, 0.6) is 0 Å². The van der Waals surface area contributed by atoms with Crippen LogP contribution in [0, 0.1) is 0 Å². The quantitative estimate of drug-likeness (QED) is 0.611. The fraction of sp³-hybridized carbons (Fsp3) is 0.364. The summed E-state index contributed by atoms with van der Waals surface area (Å²) in [6.07, 6.45) is 1.35. The van der Waals surface area contributed by atoms with Gasteiger partial charge in [-0.15, -0.1) is 0 Å². The number of alkyl halides is 2. The molecule has 1 rings (SSSR count). The number of nitrogens with one attached hydrogen (secondary N) is 2. The van der Waals surface area contributed by atoms with E-state index in [1.54, 1.807) is 0 Å². The van der Waals surface area contributed by atoms with Crippen LogP contribution in [0.3, 0.4) is 0 Å². The molecular formula is C11H13F2N3O2S. The Kier molecular flexibility index (Phi) is 6.20. The third kappa shape index (κ3) is 5.64. The van der Waals surface area contributed by atoms with Crippen LogP contribution >= 0.6 is 11.8 Å². The van der Waals surface area contributed by atoms with Crippen molar-refractivity contribution in [1.82, 2.24) is 15.6 Å². The maximum absolute atomic E-state index is 12.3. The zero-order chi connectivity index (χ0) is 14.3. The predicted octanol–water partition coefficient (Wildman–Crippen LogP) is 1.26. The van der Waals surface area contributed by atoms with Crippen molar-refractivity contribution in [2.45, 2.75) is 17.7 Å². The molecule has 0 fully saturated rings. The zero-order valence-electron chi connectivity index (χ0n) is 10.2. The van der Waals surface area contributed by atoms with E-state index in [2.05, 4.69) is 15.6 Å². The molecule has 0 spiro atoms. The molecule has 1 aromatic rings. The van der Waals surface area contributed by atoms with Crippen LogP contribution < -0.4 is 10.6 Å². The Bertz CT molecular complexity index is 457. The van der Waals surface area contributed by atoms with Crippen LogP contribution in [0.15, 0.2) is 23.4 Å². The number of hydrogen-bond donors (Lipinski definition) is 2. The molecule has 0 aromatic carbocycles. The van der Waals surface area contributed by atoms with Crippen molar-refractivity contribution in [1.29, 1.82) is 0 Å². The lowest BCUT2D eigenvalue weighted by Gasteiger charge is -2.08. The van der Waals surface area contributed by atoms with Gasteiger partial charge < -0.3 is 10.6 Å². The Morgan fingerprint density at radius 3 is 2.68 bits per heavy atom. The fourth-order valence-electron chi connectivity index (χ4n) is 1.25. The summed E-state index contributed by atoms with van der Waals surface area (Å²) < 4.78 is 24.6. The van der Waals surface area contributed by atoms with E-state index in [-0.39, 0.29) is 41.3 Å². The van der Waals surface area contributed by atoms with Gasteiger partial charge in [0.25, 0.3) is 11.7 Å². The number of carbonyl (C=O) groups excluding carboxylic acids is 2. The molecule has 0 aliphatic heterocycles. The van der Waals surface area contributed by atoms with Crippen molar-refractivity contribution in [3.05, 3.63) is 23.9 Å². The highest BCUT2D eigenvalue weighted by Gasteiger charge is 2.16. The first-order valence-corrected chi connectivity index (χ1v) is 6.31. The van der Waals surface area contributed by atoms with E-state index in [1.165, 1.54) is 25.3 Å². The van der Waals surface area contributed by atoms with Crippen LogP contribution in [0.1, 0.15) is 17.3 Å². The number of carbonyl (C=O) groups is 2. The summed E-state index contributed by atoms with van der Waals surface area (Å²) in [5.74, 6) is -3.34. The van der Waals surface area contributed by atoms with Crippen molar-refractivity contribution in [3.63, 3.8) is 0 Å². The van der Waals surface area contributed by atoms with Gasteiger partial charge in [-0.25, -0.2) is 4.98 Å². The highest BCUT2D eigenvalue weighted by atomic mass is 32.2. The molecule has 0 aliphatic rings. The lowest BCUT2D eigenvalue weighted by molar-refractivity contribution is -0.118. The van der Waals surface area contributed by atoms with Crippen molar-refractivity contribution >= 4 is 23.6 Å². The van der Waals surface area contributed by atoms with E-state index in [0.29, 0.717) is 0 Å². The van der Waals surface area contributed by atoms with E-state index in [0.717, 1.165) is 0 Å². The van der Waals surface area contributed by atoms with Crippen LogP contribution in [-0.4, -0.2) is 35.6 Å². The molecule has 2 N–H and O–H groups in total. The fourth-order valence-corrected chi connectivity index (χ4v) is 1.83. The summed E-state index contributed by atoms with van der Waals surface area (Å²) in [6.45, 7) is 1.85. The number of nitrogens with zero attached hydrogens (tertiary/aromatic N) is 1. The van der Waals surface area contributed by atoms with Crippen molar-refractivity contribution in [2.75, 3.05) is 13.1 Å². The van der Waals surface area contributed by atoms with Gasteiger partial charge in [-0.1, -0.05) is 0 Å². The SMILES string of the molecule is CC(=O)NCCNC(=O)c1cccnc1SC(F)F. The minimum Gasteiger partial charge on any atom is -0.355 e. The van der Waals surface area contributed by atoms with Gasteiger partial charge in [0.2, 0.25) is 5.91 Å². The molecule has 0 atom stereocenters. The molecule has 0 unspecified atom stereocenters. The van der Waals surface area contributed by atoms with E-state index in [1.807, 2.05) is 0 Å². The lowest BCUT2D eigenvalue weighted by atomic mass is 10.2. The molecule has 104 valence electrons. The van der Waals surface area contributed by atoms with Crippen molar-refractivity contribution < 1.29 is 18.4 Å². The minimum atomic E-state index is -2.64. The van der Waals surface area contributed by atoms with E-state index in [4.69, 9.17) is 0 Å². The summed E-state index contributed by atoms with van der Waals surface area (Å²) in [4.78, 5) is 26.1. The average Bonchev–Trinajstić information content (AvgIpc) is 2.34. The third-order valence-corrected chi connectivity index (χ3v) is 2.73. The molecule has 0 saturated carbocycles. The molecule has 0 aliphatic carbocycles. The molecule has 5 nitrogen and oxygen atoms in total. The monoisotopic (exact) mass is 289 g/mol. The topological polar surface area (TPSA) is 71.1 Å². The number of pyridine rings is 1. The standard InChI is InChI=1S/C11H13F2N3O2S/c1-7(17)14-5-6-15-9(18)8-3-2-4-16-10(8)19-11(12)13/h2-4,11H,5-6H2,1H3,(H,14,17)(H,15,18). The average molecular weight is 289 g/mol. The highest BCUT2D eigenvalue weighted by Crippen LogP contribution is 2.26. The van der Waals surface area contributed by atoms with Gasteiger partial charge in [0, 0.05) is 26.2 Å². The molecule has 0 saturated heterocycles. The van der Waals surface area contributed by atoms with Gasteiger partial charge in [-0.2, -0.15) is 8.78 Å². The molecular weight excluding hydrogens is 276 g/mol. The van der Waals surface area contributed by atoms with Gasteiger partial charge >= 0.3 is 0 Å². The summed E-state index contributed by atoms with van der Waals surface area (Å²) in [5, 5.41) is 5.00. The second-order valence-corrected chi connectivity index (χ2v) is 4.45. The second-order valence-electron chi connectivity index (χ2n) is 3.47. The Labute approximate surface area is 113 Å². The normalized spacial score (nSPS) is 10.3. The maximum atomic E-state index is 12.3. The largest absolute Gasteiger partial charge is 0.355 e. The molecule has 1 aromatic heterocycles. The molecule has 1 heterocycles. The molecule has 0 radical (unpaired) electrons. The second kappa shape index (κ2) is 7.67. The van der Waals surface area contributed by atoms with Gasteiger partial charge in [-0.05, 0) is 23.9 Å². The number of amides is 2. The smallest absolute Gasteiger partial charge is 0.290 e. The van der Waals surface area contributed by atoms with E-state index >= 15 is 0 Å². The van der Waals surface area contributed by atoms with Crippen LogP contribution in [0.4, 0.5) is 8.78 Å². The summed E-state index contributed by atoms with van der Waals surface area (Å²) in [6, 6.07) is 2.92. The number of hydrogen-bond acceptors (Lipinski definition) is 4. The molecule has 19 heavy (non-hydrogen) atoms. The predicted molar refractivity (Wildman–Crippen MR) is 67.1 cm³/mol. The van der Waals surface area contributed by atoms with Crippen LogP contribution in [-0.2, 0) is 4.79 Å². The molecule has 8 heteroatoms. The van der Waals surface area contributed by atoms with Crippen molar-refractivity contribution in [3.8, 4) is 0 Å². The van der Waals surface area contributed by atoms with Crippen LogP contribution in [0.2, 0.25) is 0 Å². The summed E-state index contributed by atoms with van der Waals surface area (Å²) >= 11 is 0.222. The third-order valence-electron chi connectivity index (χ3n) is 2.00. The van der Waals surface area contributed by atoms with E-state index < -0.39 is 11.7 Å².